The van der Waals surface area contributed by atoms with Crippen LogP contribution in [0.25, 0.3) is 10.2 Å². The number of thioether (sulfide) groups is 1. The van der Waals surface area contributed by atoms with Gasteiger partial charge in [-0.1, -0.05) is 0 Å². The van der Waals surface area contributed by atoms with E-state index in [9.17, 15) is 14.4 Å². The van der Waals surface area contributed by atoms with Gasteiger partial charge in [0, 0.05) is 23.2 Å². The van der Waals surface area contributed by atoms with Gasteiger partial charge in [0.1, 0.15) is 10.7 Å². The number of aromatic amines is 1. The molecule has 0 bridgehead atoms. The number of rotatable bonds is 6. The zero-order valence-corrected chi connectivity index (χ0v) is 19.1. The van der Waals surface area contributed by atoms with Gasteiger partial charge in [0.25, 0.3) is 11.5 Å². The third kappa shape index (κ3) is 4.57. The van der Waals surface area contributed by atoms with Crippen molar-refractivity contribution in [1.82, 2.24) is 15.3 Å². The first kappa shape index (κ1) is 22.0. The van der Waals surface area contributed by atoms with E-state index in [1.165, 1.54) is 23.1 Å². The van der Waals surface area contributed by atoms with E-state index in [1.54, 1.807) is 25.2 Å². The van der Waals surface area contributed by atoms with Gasteiger partial charge in [-0.15, -0.1) is 23.1 Å². The number of hydrogen-bond donors (Lipinski definition) is 3. The second-order valence-electron chi connectivity index (χ2n) is 7.03. The molecule has 0 aliphatic rings. The zero-order valence-electron chi connectivity index (χ0n) is 17.5. The monoisotopic (exact) mass is 444 g/mol. The Morgan fingerprint density at radius 3 is 2.67 bits per heavy atom. The summed E-state index contributed by atoms with van der Waals surface area (Å²) in [4.78, 5) is 45.9. The van der Waals surface area contributed by atoms with Crippen molar-refractivity contribution < 1.29 is 9.59 Å². The Morgan fingerprint density at radius 2 is 2.00 bits per heavy atom. The summed E-state index contributed by atoms with van der Waals surface area (Å²) in [5, 5.41) is 5.77. The molecule has 0 saturated heterocycles. The fourth-order valence-electron chi connectivity index (χ4n) is 2.97. The number of aryl methyl sites for hydroxylation is 3. The lowest BCUT2D eigenvalue weighted by Crippen LogP contribution is -2.24. The molecule has 3 N–H and O–H groups in total. The summed E-state index contributed by atoms with van der Waals surface area (Å²) >= 11 is 2.91. The first-order valence-electron chi connectivity index (χ1n) is 9.45. The summed E-state index contributed by atoms with van der Waals surface area (Å²) in [6, 6.07) is 5.14. The fraction of sp³-hybridized carbons (Fsp3) is 0.333. The summed E-state index contributed by atoms with van der Waals surface area (Å²) in [5.74, 6) is 0.658. The first-order chi connectivity index (χ1) is 14.2. The van der Waals surface area contributed by atoms with Crippen molar-refractivity contribution in [2.24, 2.45) is 0 Å². The van der Waals surface area contributed by atoms with Crippen LogP contribution in [0.2, 0.25) is 0 Å². The van der Waals surface area contributed by atoms with Crippen molar-refractivity contribution in [2.75, 3.05) is 12.4 Å². The van der Waals surface area contributed by atoms with Gasteiger partial charge in [0.15, 0.2) is 0 Å². The smallest absolute Gasteiger partial charge is 0.259 e. The number of hydrogen-bond acceptors (Lipinski definition) is 6. The minimum atomic E-state index is -0.351. The number of H-pyrrole nitrogens is 1. The highest BCUT2D eigenvalue weighted by molar-refractivity contribution is 7.99. The maximum Gasteiger partial charge on any atom is 0.259 e. The number of nitrogens with zero attached hydrogens (tertiary/aromatic N) is 1. The van der Waals surface area contributed by atoms with Crippen molar-refractivity contribution in [3.05, 3.63) is 55.9 Å². The van der Waals surface area contributed by atoms with Crippen molar-refractivity contribution in [1.29, 1.82) is 0 Å². The van der Waals surface area contributed by atoms with Crippen LogP contribution in [0.15, 0.2) is 23.0 Å². The predicted octanol–water partition coefficient (Wildman–Crippen LogP) is 3.53. The lowest BCUT2D eigenvalue weighted by atomic mass is 10.1. The summed E-state index contributed by atoms with van der Waals surface area (Å²) in [6.45, 7) is 7.55. The van der Waals surface area contributed by atoms with Gasteiger partial charge in [0.2, 0.25) is 5.91 Å². The van der Waals surface area contributed by atoms with E-state index in [1.807, 2.05) is 27.7 Å². The van der Waals surface area contributed by atoms with Crippen LogP contribution in [-0.4, -0.2) is 34.1 Å². The van der Waals surface area contributed by atoms with Crippen LogP contribution in [0, 0.1) is 20.8 Å². The van der Waals surface area contributed by atoms with Crippen molar-refractivity contribution in [2.45, 2.75) is 38.7 Å². The molecule has 0 aliphatic carbocycles. The highest BCUT2D eigenvalue weighted by atomic mass is 32.2. The maximum absolute atomic E-state index is 12.6. The average molecular weight is 445 g/mol. The SMILES string of the molecule is CNC(=O)c1ccc(NC(=O)C(C)SCc2nc3sc(C)c(C)c3c(=O)[nH]2)c(C)c1. The normalized spacial score (nSPS) is 12.0. The van der Waals surface area contributed by atoms with Gasteiger partial charge in [-0.3, -0.25) is 14.4 Å². The van der Waals surface area contributed by atoms with E-state index in [4.69, 9.17) is 0 Å². The Hall–Kier alpha value is -2.65. The highest BCUT2D eigenvalue weighted by Crippen LogP contribution is 2.27. The largest absolute Gasteiger partial charge is 0.355 e. The molecular formula is C21H24N4O3S2. The molecule has 2 heterocycles. The molecule has 30 heavy (non-hydrogen) atoms. The number of nitrogens with one attached hydrogen (secondary N) is 3. The molecule has 0 fully saturated rings. The number of fused-ring (bicyclic) bond motifs is 1. The van der Waals surface area contributed by atoms with Crippen LogP contribution in [0.1, 0.15) is 39.1 Å². The molecule has 0 aliphatic heterocycles. The van der Waals surface area contributed by atoms with Crippen LogP contribution in [0.3, 0.4) is 0 Å². The first-order valence-corrected chi connectivity index (χ1v) is 11.3. The van der Waals surface area contributed by atoms with Gasteiger partial charge >= 0.3 is 0 Å². The van der Waals surface area contributed by atoms with Gasteiger partial charge in [-0.25, -0.2) is 4.98 Å². The molecule has 0 spiro atoms. The zero-order chi connectivity index (χ0) is 22.0. The van der Waals surface area contributed by atoms with E-state index in [0.29, 0.717) is 28.2 Å². The Kier molecular flexibility index (Phi) is 6.62. The van der Waals surface area contributed by atoms with E-state index in [-0.39, 0.29) is 22.6 Å². The van der Waals surface area contributed by atoms with Crippen LogP contribution >= 0.6 is 23.1 Å². The highest BCUT2D eigenvalue weighted by Gasteiger charge is 2.17. The van der Waals surface area contributed by atoms with Gasteiger partial charge in [-0.05, 0) is 57.0 Å². The number of benzene rings is 1. The van der Waals surface area contributed by atoms with Crippen LogP contribution in [0.5, 0.6) is 0 Å². The summed E-state index contributed by atoms with van der Waals surface area (Å²) in [7, 11) is 1.58. The topological polar surface area (TPSA) is 104 Å². The minimum absolute atomic E-state index is 0.138. The average Bonchev–Trinajstić information content (AvgIpc) is 3.00. The van der Waals surface area contributed by atoms with Gasteiger partial charge < -0.3 is 15.6 Å². The molecule has 1 atom stereocenters. The summed E-state index contributed by atoms with van der Waals surface area (Å²) in [5.41, 5.74) is 2.84. The van der Waals surface area contributed by atoms with Crippen LogP contribution in [-0.2, 0) is 10.5 Å². The van der Waals surface area contributed by atoms with Crippen molar-refractivity contribution in [3.8, 4) is 0 Å². The third-order valence-electron chi connectivity index (χ3n) is 4.90. The summed E-state index contributed by atoms with van der Waals surface area (Å²) in [6.07, 6.45) is 0. The van der Waals surface area contributed by atoms with Crippen LogP contribution in [0.4, 0.5) is 5.69 Å². The predicted molar refractivity (Wildman–Crippen MR) is 124 cm³/mol. The Bertz CT molecular complexity index is 1180. The van der Waals surface area contributed by atoms with Crippen LogP contribution < -0.4 is 16.2 Å². The Balaban J connectivity index is 1.66. The molecule has 9 heteroatoms. The number of thiophene rings is 1. The molecule has 0 saturated carbocycles. The molecule has 0 radical (unpaired) electrons. The summed E-state index contributed by atoms with van der Waals surface area (Å²) < 4.78 is 0. The van der Waals surface area contributed by atoms with Crippen molar-refractivity contribution in [3.63, 3.8) is 0 Å². The molecule has 158 valence electrons. The second-order valence-corrected chi connectivity index (χ2v) is 9.56. The van der Waals surface area contributed by atoms with E-state index in [2.05, 4.69) is 20.6 Å². The Morgan fingerprint density at radius 1 is 1.27 bits per heavy atom. The van der Waals surface area contributed by atoms with E-state index in [0.717, 1.165) is 20.8 Å². The number of amides is 2. The number of carbonyl (C=O) groups is 2. The second kappa shape index (κ2) is 9.01. The molecule has 1 unspecified atom stereocenters. The standard InChI is InChI=1S/C21H24N4O3S2/c1-10-8-14(19(27)22-5)6-7-15(10)23-18(26)13(4)29-9-16-24-20(28)17-11(2)12(3)30-21(17)25-16/h6-8,13H,9H2,1-5H3,(H,22,27)(H,23,26)(H,24,25,28). The number of aromatic nitrogens is 2. The molecule has 3 rings (SSSR count). The fourth-order valence-corrected chi connectivity index (χ4v) is 4.77. The Labute approximate surface area is 182 Å². The van der Waals surface area contributed by atoms with Gasteiger partial charge in [0.05, 0.1) is 16.4 Å². The molecule has 2 amide bonds. The molecule has 1 aromatic carbocycles. The third-order valence-corrected chi connectivity index (χ3v) is 7.16. The molecule has 7 nitrogen and oxygen atoms in total. The lowest BCUT2D eigenvalue weighted by Gasteiger charge is -2.14. The van der Waals surface area contributed by atoms with E-state index < -0.39 is 0 Å². The lowest BCUT2D eigenvalue weighted by molar-refractivity contribution is -0.115. The van der Waals surface area contributed by atoms with Crippen molar-refractivity contribution >= 4 is 50.8 Å². The van der Waals surface area contributed by atoms with Gasteiger partial charge in [-0.2, -0.15) is 0 Å². The minimum Gasteiger partial charge on any atom is -0.355 e. The van der Waals surface area contributed by atoms with E-state index >= 15 is 0 Å². The molecule has 2 aromatic heterocycles. The quantitative estimate of drug-likeness (QED) is 0.540. The molecule has 3 aromatic rings. The number of carbonyl (C=O) groups excluding carboxylic acids is 2. The maximum atomic E-state index is 12.6. The molecular weight excluding hydrogens is 420 g/mol. The number of anilines is 1.